The van der Waals surface area contributed by atoms with Crippen LogP contribution in [0.1, 0.15) is 0 Å². The van der Waals surface area contributed by atoms with Crippen molar-refractivity contribution in [2.75, 3.05) is 25.6 Å². The predicted octanol–water partition coefficient (Wildman–Crippen LogP) is 0.277. The zero-order valence-corrected chi connectivity index (χ0v) is 10.5. The second kappa shape index (κ2) is 6.63. The third-order valence-corrected chi connectivity index (χ3v) is 2.44. The second-order valence-electron chi connectivity index (χ2n) is 3.74. The number of hydrogen-bond donors (Lipinski definition) is 3. The van der Waals surface area contributed by atoms with Gasteiger partial charge in [0.2, 0.25) is 5.75 Å². The van der Waals surface area contributed by atoms with Crippen molar-refractivity contribution in [3.8, 4) is 5.75 Å². The van der Waals surface area contributed by atoms with E-state index in [9.17, 15) is 25.3 Å². The Balaban J connectivity index is 3.28. The molecule has 0 spiro atoms. The molecule has 10 heteroatoms. The van der Waals surface area contributed by atoms with Crippen LogP contribution in [0.2, 0.25) is 0 Å². The number of hydrogen-bond acceptors (Lipinski definition) is 8. The lowest BCUT2D eigenvalue weighted by Crippen LogP contribution is -2.23. The lowest BCUT2D eigenvalue weighted by atomic mass is 10.2. The second-order valence-corrected chi connectivity index (χ2v) is 3.74. The van der Waals surface area contributed by atoms with Crippen LogP contribution < -0.4 is 10.1 Å². The number of nitrogens with one attached hydrogen (secondary N) is 1. The number of aliphatic hydroxyl groups excluding tert-OH is 2. The minimum atomic E-state index is -1.14. The average molecular weight is 287 g/mol. The van der Waals surface area contributed by atoms with E-state index in [1.165, 1.54) is 12.1 Å². The van der Waals surface area contributed by atoms with Gasteiger partial charge in [0.15, 0.2) is 0 Å². The summed E-state index contributed by atoms with van der Waals surface area (Å²) in [6.45, 7) is -0.736. The fourth-order valence-electron chi connectivity index (χ4n) is 1.52. The van der Waals surface area contributed by atoms with Gasteiger partial charge in [-0.05, 0) is 12.1 Å². The number of benzene rings is 1. The summed E-state index contributed by atoms with van der Waals surface area (Å²) in [6.07, 6.45) is -1.14. The number of ether oxygens (including phenoxy) is 1. The first kappa shape index (κ1) is 15.6. The van der Waals surface area contributed by atoms with Crippen LogP contribution in [0.25, 0.3) is 0 Å². The van der Waals surface area contributed by atoms with Crippen molar-refractivity contribution in [3.63, 3.8) is 0 Å². The van der Waals surface area contributed by atoms with Gasteiger partial charge in [0, 0.05) is 6.54 Å². The molecule has 110 valence electrons. The summed E-state index contributed by atoms with van der Waals surface area (Å²) < 4.78 is 4.74. The zero-order valence-electron chi connectivity index (χ0n) is 10.5. The molecule has 0 bridgehead atoms. The third-order valence-electron chi connectivity index (χ3n) is 2.44. The van der Waals surface area contributed by atoms with Crippen LogP contribution in [0.15, 0.2) is 12.1 Å². The Morgan fingerprint density at radius 2 is 1.90 bits per heavy atom. The van der Waals surface area contributed by atoms with Crippen LogP contribution in [0.5, 0.6) is 5.75 Å². The molecule has 1 unspecified atom stereocenters. The average Bonchev–Trinajstić information content (AvgIpc) is 2.42. The molecule has 1 aromatic rings. The standard InChI is InChI=1S/C10H13N3O7/c1-20-8-3-2-7(11-4-6(15)5-14)9(12(16)17)10(8)13(18)19/h2-3,6,11,14-15H,4-5H2,1H3. The summed E-state index contributed by atoms with van der Waals surface area (Å²) in [5.74, 6) is -0.241. The number of rotatable bonds is 7. The van der Waals surface area contributed by atoms with Gasteiger partial charge in [-0.1, -0.05) is 0 Å². The highest BCUT2D eigenvalue weighted by molar-refractivity contribution is 5.76. The molecule has 0 amide bonds. The molecule has 0 aliphatic rings. The molecule has 0 saturated carbocycles. The van der Waals surface area contributed by atoms with Gasteiger partial charge >= 0.3 is 11.4 Å². The number of nitro benzene ring substituents is 2. The first-order valence-electron chi connectivity index (χ1n) is 5.45. The fourth-order valence-corrected chi connectivity index (χ4v) is 1.52. The van der Waals surface area contributed by atoms with E-state index in [0.717, 1.165) is 7.11 Å². The lowest BCUT2D eigenvalue weighted by Gasteiger charge is -2.11. The van der Waals surface area contributed by atoms with Gasteiger partial charge < -0.3 is 20.3 Å². The maximum absolute atomic E-state index is 11.0. The molecule has 0 aliphatic heterocycles. The Bertz CT molecular complexity index is 520. The minimum Gasteiger partial charge on any atom is -0.490 e. The first-order valence-corrected chi connectivity index (χ1v) is 5.45. The molecule has 0 aromatic heterocycles. The number of aliphatic hydroxyl groups is 2. The first-order chi connectivity index (χ1) is 9.42. The van der Waals surface area contributed by atoms with E-state index in [4.69, 9.17) is 9.84 Å². The van der Waals surface area contributed by atoms with Crippen molar-refractivity contribution in [1.82, 2.24) is 0 Å². The Morgan fingerprint density at radius 3 is 2.35 bits per heavy atom. The topological polar surface area (TPSA) is 148 Å². The molecule has 0 aliphatic carbocycles. The molecule has 1 atom stereocenters. The van der Waals surface area contributed by atoms with Crippen LogP contribution in [0, 0.1) is 20.2 Å². The smallest absolute Gasteiger partial charge is 0.389 e. The molecule has 0 heterocycles. The summed E-state index contributed by atoms with van der Waals surface area (Å²) in [5, 5.41) is 42.3. The van der Waals surface area contributed by atoms with Crippen LogP contribution in [0.3, 0.4) is 0 Å². The normalized spacial score (nSPS) is 11.8. The van der Waals surface area contributed by atoms with Crippen molar-refractivity contribution in [1.29, 1.82) is 0 Å². The highest BCUT2D eigenvalue weighted by atomic mass is 16.6. The van der Waals surface area contributed by atoms with E-state index in [2.05, 4.69) is 5.32 Å². The molecule has 20 heavy (non-hydrogen) atoms. The Morgan fingerprint density at radius 1 is 1.30 bits per heavy atom. The lowest BCUT2D eigenvalue weighted by molar-refractivity contribution is -0.422. The Labute approximate surface area is 112 Å². The number of nitro groups is 2. The number of nitrogens with zero attached hydrogens (tertiary/aromatic N) is 2. The quantitative estimate of drug-likeness (QED) is 0.478. The molecule has 0 saturated heterocycles. The van der Waals surface area contributed by atoms with Gasteiger partial charge in [0.25, 0.3) is 0 Å². The van der Waals surface area contributed by atoms with Crippen LogP contribution in [-0.4, -0.2) is 46.4 Å². The van der Waals surface area contributed by atoms with Crippen molar-refractivity contribution in [3.05, 3.63) is 32.4 Å². The summed E-state index contributed by atoms with van der Waals surface area (Å²) in [5.41, 5.74) is -1.68. The van der Waals surface area contributed by atoms with Gasteiger partial charge in [0.1, 0.15) is 5.69 Å². The molecule has 10 nitrogen and oxygen atoms in total. The maximum atomic E-state index is 11.0. The predicted molar refractivity (Wildman–Crippen MR) is 67.9 cm³/mol. The van der Waals surface area contributed by atoms with E-state index >= 15 is 0 Å². The maximum Gasteiger partial charge on any atom is 0.389 e. The largest absolute Gasteiger partial charge is 0.490 e. The van der Waals surface area contributed by atoms with Crippen molar-refractivity contribution >= 4 is 17.1 Å². The van der Waals surface area contributed by atoms with E-state index in [-0.39, 0.29) is 18.0 Å². The van der Waals surface area contributed by atoms with Gasteiger partial charge in [-0.15, -0.1) is 0 Å². The molecule has 0 radical (unpaired) electrons. The molecule has 0 fully saturated rings. The highest BCUT2D eigenvalue weighted by Crippen LogP contribution is 2.41. The van der Waals surface area contributed by atoms with E-state index in [1.807, 2.05) is 0 Å². The minimum absolute atomic E-state index is 0.144. The van der Waals surface area contributed by atoms with Crippen LogP contribution >= 0.6 is 0 Å². The van der Waals surface area contributed by atoms with Gasteiger partial charge in [-0.2, -0.15) is 0 Å². The van der Waals surface area contributed by atoms with E-state index in [1.54, 1.807) is 0 Å². The molecule has 3 N–H and O–H groups in total. The van der Waals surface area contributed by atoms with E-state index in [0.29, 0.717) is 0 Å². The Kier molecular flexibility index (Phi) is 5.17. The summed E-state index contributed by atoms with van der Waals surface area (Å²) in [4.78, 5) is 20.2. The zero-order chi connectivity index (χ0) is 15.3. The summed E-state index contributed by atoms with van der Waals surface area (Å²) >= 11 is 0. The number of methoxy groups -OCH3 is 1. The summed E-state index contributed by atoms with van der Waals surface area (Å²) in [7, 11) is 1.16. The highest BCUT2D eigenvalue weighted by Gasteiger charge is 2.33. The molecular weight excluding hydrogens is 274 g/mol. The van der Waals surface area contributed by atoms with Crippen molar-refractivity contribution in [2.45, 2.75) is 6.10 Å². The molecule has 1 rings (SSSR count). The monoisotopic (exact) mass is 287 g/mol. The van der Waals surface area contributed by atoms with Crippen LogP contribution in [-0.2, 0) is 0 Å². The van der Waals surface area contributed by atoms with Gasteiger partial charge in [-0.3, -0.25) is 20.2 Å². The van der Waals surface area contributed by atoms with Crippen molar-refractivity contribution < 1.29 is 24.8 Å². The van der Waals surface area contributed by atoms with Gasteiger partial charge in [-0.25, -0.2) is 0 Å². The van der Waals surface area contributed by atoms with Crippen molar-refractivity contribution in [2.24, 2.45) is 0 Å². The summed E-state index contributed by atoms with van der Waals surface area (Å²) in [6, 6.07) is 2.44. The third kappa shape index (κ3) is 3.30. The van der Waals surface area contributed by atoms with Crippen LogP contribution in [0.4, 0.5) is 17.1 Å². The number of anilines is 1. The van der Waals surface area contributed by atoms with Gasteiger partial charge in [0.05, 0.1) is 29.7 Å². The Hall–Kier alpha value is -2.46. The SMILES string of the molecule is COc1ccc(NCC(O)CO)c([N+](=O)[O-])c1[N+](=O)[O-]. The fraction of sp³-hybridized carbons (Fsp3) is 0.400. The van der Waals surface area contributed by atoms with E-state index < -0.39 is 33.9 Å². The molecular formula is C10H13N3O7. The molecule has 1 aromatic carbocycles.